The van der Waals surface area contributed by atoms with Gasteiger partial charge in [0.25, 0.3) is 5.91 Å². The number of fused-ring (bicyclic) bond motifs is 1. The summed E-state index contributed by atoms with van der Waals surface area (Å²) in [6.45, 7) is 2.36. The van der Waals surface area contributed by atoms with Gasteiger partial charge in [0.15, 0.2) is 11.5 Å². The number of sulfone groups is 1. The molecule has 0 aromatic heterocycles. The van der Waals surface area contributed by atoms with Gasteiger partial charge in [0.2, 0.25) is 20.2 Å². The normalized spacial score (nSPS) is 16.9. The second-order valence-corrected chi connectivity index (χ2v) is 9.87. The van der Waals surface area contributed by atoms with Crippen LogP contribution in [-0.4, -0.2) is 48.3 Å². The summed E-state index contributed by atoms with van der Waals surface area (Å²) in [6, 6.07) is 10.9. The Labute approximate surface area is 199 Å². The van der Waals surface area contributed by atoms with Crippen molar-refractivity contribution in [3.63, 3.8) is 0 Å². The summed E-state index contributed by atoms with van der Waals surface area (Å²) in [5.41, 5.74) is 1.20. The molecule has 2 aliphatic rings. The Morgan fingerprint density at radius 3 is 2.56 bits per heavy atom. The third-order valence-corrected chi connectivity index (χ3v) is 6.47. The van der Waals surface area contributed by atoms with E-state index in [0.29, 0.717) is 23.7 Å². The molecule has 34 heavy (non-hydrogen) atoms. The maximum atomic E-state index is 13.1. The molecule has 0 atom stereocenters. The van der Waals surface area contributed by atoms with E-state index in [1.165, 1.54) is 18.2 Å². The number of rotatable bonds is 6. The lowest BCUT2D eigenvalue weighted by molar-refractivity contribution is -0.114. The second-order valence-electron chi connectivity index (χ2n) is 7.23. The van der Waals surface area contributed by atoms with Crippen molar-refractivity contribution in [2.24, 2.45) is 9.39 Å². The molecular weight excluding hydrogens is 483 g/mol. The first-order valence-corrected chi connectivity index (χ1v) is 12.7. The van der Waals surface area contributed by atoms with Crippen LogP contribution in [0.1, 0.15) is 18.1 Å². The first kappa shape index (κ1) is 23.6. The fourth-order valence-corrected chi connectivity index (χ4v) is 4.99. The van der Waals surface area contributed by atoms with Crippen molar-refractivity contribution < 1.29 is 27.1 Å². The molecule has 4 rings (SSSR count). The van der Waals surface area contributed by atoms with Crippen LogP contribution >= 0.6 is 11.9 Å². The standard InChI is InChI=1S/C22H19FN4O5S2/c1-3-31-18-11-14(6-9-17(18)32-12-13-4-7-15(23)8-5-13)10-16-19(24)27-21(25-20(16)28)33-26-22(27)34(2,29)30/h4-11,24H,3,12H2,1-2H3/b16-10-,24-19?. The largest absolute Gasteiger partial charge is 0.490 e. The highest BCUT2D eigenvalue weighted by Gasteiger charge is 2.41. The molecule has 0 saturated heterocycles. The SMILES string of the molecule is CCOc1cc(/C=C2/C(=N)N3C(=NC2=O)SN=C3S(C)(=O)=O)ccc1OCc1ccc(F)cc1. The van der Waals surface area contributed by atoms with Gasteiger partial charge in [0.1, 0.15) is 18.3 Å². The number of hydrogen-bond acceptors (Lipinski definition) is 8. The van der Waals surface area contributed by atoms with E-state index in [-0.39, 0.29) is 34.2 Å². The topological polar surface area (TPSA) is 121 Å². The van der Waals surface area contributed by atoms with Crippen molar-refractivity contribution in [2.45, 2.75) is 13.5 Å². The van der Waals surface area contributed by atoms with Gasteiger partial charge in [-0.05, 0) is 48.4 Å². The molecule has 0 aliphatic carbocycles. The predicted octanol–water partition coefficient (Wildman–Crippen LogP) is 3.42. The summed E-state index contributed by atoms with van der Waals surface area (Å²) >= 11 is 0.731. The van der Waals surface area contributed by atoms with Crippen molar-refractivity contribution in [3.05, 3.63) is 65.0 Å². The van der Waals surface area contributed by atoms with Crippen molar-refractivity contribution in [1.29, 1.82) is 5.41 Å². The van der Waals surface area contributed by atoms with Crippen LogP contribution in [0, 0.1) is 11.2 Å². The minimum absolute atomic E-state index is 0.0205. The minimum Gasteiger partial charge on any atom is -0.490 e. The highest BCUT2D eigenvalue weighted by atomic mass is 32.2. The monoisotopic (exact) mass is 502 g/mol. The molecule has 2 aromatic carbocycles. The van der Waals surface area contributed by atoms with Crippen LogP contribution in [0.4, 0.5) is 4.39 Å². The highest BCUT2D eigenvalue weighted by Crippen LogP contribution is 2.32. The molecule has 0 bridgehead atoms. The van der Waals surface area contributed by atoms with E-state index in [1.807, 2.05) is 6.92 Å². The zero-order valence-corrected chi connectivity index (χ0v) is 19.7. The summed E-state index contributed by atoms with van der Waals surface area (Å²) in [6.07, 6.45) is 2.40. The zero-order chi connectivity index (χ0) is 24.5. The van der Waals surface area contributed by atoms with Crippen LogP contribution in [0.3, 0.4) is 0 Å². The molecule has 0 radical (unpaired) electrons. The number of aliphatic imine (C=N–C) groups is 1. The molecule has 0 spiro atoms. The lowest BCUT2D eigenvalue weighted by atomic mass is 10.1. The number of benzene rings is 2. The van der Waals surface area contributed by atoms with E-state index in [0.717, 1.165) is 28.7 Å². The summed E-state index contributed by atoms with van der Waals surface area (Å²) in [7, 11) is -3.73. The number of nitrogens with one attached hydrogen (secondary N) is 1. The molecule has 2 aliphatic heterocycles. The van der Waals surface area contributed by atoms with Gasteiger partial charge in [-0.1, -0.05) is 18.2 Å². The molecule has 12 heteroatoms. The highest BCUT2D eigenvalue weighted by molar-refractivity contribution is 8.16. The number of amides is 1. The van der Waals surface area contributed by atoms with Gasteiger partial charge in [-0.25, -0.2) is 17.7 Å². The van der Waals surface area contributed by atoms with Gasteiger partial charge in [-0.15, -0.1) is 0 Å². The summed E-state index contributed by atoms with van der Waals surface area (Å²) in [5.74, 6) is -0.492. The van der Waals surface area contributed by atoms with Crippen molar-refractivity contribution in [2.75, 3.05) is 12.9 Å². The van der Waals surface area contributed by atoms with Crippen molar-refractivity contribution >= 4 is 49.9 Å². The van der Waals surface area contributed by atoms with Crippen LogP contribution in [0.25, 0.3) is 6.08 Å². The molecule has 0 unspecified atom stereocenters. The predicted molar refractivity (Wildman–Crippen MR) is 128 cm³/mol. The van der Waals surface area contributed by atoms with Gasteiger partial charge in [0.05, 0.1) is 24.1 Å². The minimum atomic E-state index is -3.73. The molecule has 0 fully saturated rings. The lowest BCUT2D eigenvalue weighted by Gasteiger charge is -2.23. The maximum Gasteiger partial charge on any atom is 0.283 e. The fourth-order valence-electron chi connectivity index (χ4n) is 3.15. The van der Waals surface area contributed by atoms with Gasteiger partial charge < -0.3 is 9.47 Å². The summed E-state index contributed by atoms with van der Waals surface area (Å²) < 4.78 is 52.5. The Morgan fingerprint density at radius 1 is 1.15 bits per heavy atom. The Kier molecular flexibility index (Phi) is 6.53. The Hall–Kier alpha value is -3.51. The summed E-state index contributed by atoms with van der Waals surface area (Å²) in [4.78, 5) is 17.5. The first-order chi connectivity index (χ1) is 16.2. The lowest BCUT2D eigenvalue weighted by Crippen LogP contribution is -2.45. The number of halogens is 1. The number of amidine groups is 3. The van der Waals surface area contributed by atoms with E-state index in [4.69, 9.17) is 14.9 Å². The average Bonchev–Trinajstić information content (AvgIpc) is 3.22. The number of hydrogen-bond donors (Lipinski definition) is 1. The molecule has 176 valence electrons. The van der Waals surface area contributed by atoms with Gasteiger partial charge in [-0.3, -0.25) is 10.2 Å². The summed E-state index contributed by atoms with van der Waals surface area (Å²) in [5, 5.41) is 8.10. The molecule has 0 saturated carbocycles. The Morgan fingerprint density at radius 2 is 1.88 bits per heavy atom. The molecular formula is C22H19FN4O5S2. The van der Waals surface area contributed by atoms with Crippen LogP contribution < -0.4 is 9.47 Å². The number of ether oxygens (including phenoxy) is 2. The van der Waals surface area contributed by atoms with Crippen LogP contribution in [0.2, 0.25) is 0 Å². The molecule has 9 nitrogen and oxygen atoms in total. The number of carbonyl (C=O) groups excluding carboxylic acids is 1. The van der Waals surface area contributed by atoms with E-state index in [9.17, 15) is 17.6 Å². The Bertz CT molecular complexity index is 1370. The third-order valence-electron chi connectivity index (χ3n) is 4.71. The smallest absolute Gasteiger partial charge is 0.283 e. The molecule has 1 N–H and O–H groups in total. The third kappa shape index (κ3) is 4.87. The van der Waals surface area contributed by atoms with Crippen molar-refractivity contribution in [1.82, 2.24) is 4.90 Å². The van der Waals surface area contributed by atoms with E-state index in [1.54, 1.807) is 30.3 Å². The quantitative estimate of drug-likeness (QED) is 0.474. The van der Waals surface area contributed by atoms with Crippen LogP contribution in [0.5, 0.6) is 11.5 Å². The number of carbonyl (C=O) groups is 1. The van der Waals surface area contributed by atoms with Gasteiger partial charge in [0, 0.05) is 6.26 Å². The van der Waals surface area contributed by atoms with Crippen LogP contribution in [-0.2, 0) is 21.2 Å². The average molecular weight is 503 g/mol. The maximum absolute atomic E-state index is 13.1. The zero-order valence-electron chi connectivity index (χ0n) is 18.1. The van der Waals surface area contributed by atoms with Gasteiger partial charge >= 0.3 is 0 Å². The van der Waals surface area contributed by atoms with E-state index in [2.05, 4.69) is 9.39 Å². The molecule has 2 aromatic rings. The fraction of sp³-hybridized carbons (Fsp3) is 0.182. The van der Waals surface area contributed by atoms with E-state index < -0.39 is 15.7 Å². The van der Waals surface area contributed by atoms with E-state index >= 15 is 0 Å². The first-order valence-electron chi connectivity index (χ1n) is 10.0. The molecule has 2 heterocycles. The second kappa shape index (κ2) is 9.39. The van der Waals surface area contributed by atoms with Gasteiger partial charge in [-0.2, -0.15) is 9.39 Å². The Balaban J connectivity index is 1.61. The van der Waals surface area contributed by atoms with Crippen LogP contribution in [0.15, 0.2) is 57.4 Å². The van der Waals surface area contributed by atoms with Crippen molar-refractivity contribution in [3.8, 4) is 11.5 Å². The number of nitrogens with zero attached hydrogens (tertiary/aromatic N) is 3. The molecule has 1 amide bonds.